The first kappa shape index (κ1) is 34.3. The monoisotopic (exact) mass is 678 g/mol. The molecule has 0 atom stereocenters. The molecule has 39 heavy (non-hydrogen) atoms. The summed E-state index contributed by atoms with van der Waals surface area (Å²) in [6.45, 7) is 2.03. The zero-order chi connectivity index (χ0) is 29.0. The molecular formula is C30H38BrCl3O4S. The van der Waals surface area contributed by atoms with Gasteiger partial charge in [0.05, 0.1) is 4.90 Å². The lowest BCUT2D eigenvalue weighted by atomic mass is 9.84. The maximum atomic E-state index is 12.2. The van der Waals surface area contributed by atoms with Crippen LogP contribution in [0.3, 0.4) is 0 Å². The molecule has 216 valence electrons. The van der Waals surface area contributed by atoms with Crippen LogP contribution < -0.4 is 0 Å². The molecule has 9 heteroatoms. The highest BCUT2D eigenvalue weighted by molar-refractivity contribution is 9.08. The number of ketones is 1. The van der Waals surface area contributed by atoms with Gasteiger partial charge in [0.2, 0.25) is 5.24 Å². The Labute approximate surface area is 257 Å². The lowest BCUT2D eigenvalue weighted by Gasteiger charge is -2.20. The summed E-state index contributed by atoms with van der Waals surface area (Å²) in [6, 6.07) is 10.7. The van der Waals surface area contributed by atoms with Gasteiger partial charge in [0.25, 0.3) is 0 Å². The molecule has 2 fully saturated rings. The normalized spacial score (nSPS) is 16.4. The number of hydrogen-bond donors (Lipinski definition) is 0. The molecule has 0 saturated heterocycles. The molecule has 0 unspecified atom stereocenters. The van der Waals surface area contributed by atoms with Crippen molar-refractivity contribution in [2.45, 2.75) is 87.8 Å². The Morgan fingerprint density at radius 1 is 0.821 bits per heavy atom. The quantitative estimate of drug-likeness (QED) is 0.225. The van der Waals surface area contributed by atoms with E-state index in [0.29, 0.717) is 11.4 Å². The van der Waals surface area contributed by atoms with E-state index in [9.17, 15) is 18.0 Å². The van der Waals surface area contributed by atoms with Gasteiger partial charge in [0.15, 0.2) is 9.84 Å². The van der Waals surface area contributed by atoms with Gasteiger partial charge in [-0.25, -0.2) is 8.42 Å². The highest BCUT2D eigenvalue weighted by atomic mass is 79.9. The topological polar surface area (TPSA) is 68.3 Å². The lowest BCUT2D eigenvalue weighted by Crippen LogP contribution is -2.19. The van der Waals surface area contributed by atoms with E-state index in [1.807, 2.05) is 19.1 Å². The van der Waals surface area contributed by atoms with Crippen molar-refractivity contribution >= 4 is 71.6 Å². The van der Waals surface area contributed by atoms with Crippen LogP contribution in [0.2, 0.25) is 10.0 Å². The van der Waals surface area contributed by atoms with E-state index >= 15 is 0 Å². The molecule has 2 aliphatic rings. The number of Topliss-reactive ketones (excluding diaryl/α,β-unsaturated/α-hetero) is 1. The second-order valence-electron chi connectivity index (χ2n) is 10.4. The molecule has 0 N–H and O–H groups in total. The van der Waals surface area contributed by atoms with Crippen LogP contribution in [0.4, 0.5) is 0 Å². The number of carbonyl (C=O) groups is 2. The summed E-state index contributed by atoms with van der Waals surface area (Å²) in [6.07, 6.45) is 12.5. The molecule has 4 nitrogen and oxygen atoms in total. The van der Waals surface area contributed by atoms with E-state index in [4.69, 9.17) is 34.8 Å². The Morgan fingerprint density at radius 2 is 1.33 bits per heavy atom. The summed E-state index contributed by atoms with van der Waals surface area (Å²) in [5.74, 6) is 0.550. The average molecular weight is 681 g/mol. The van der Waals surface area contributed by atoms with Gasteiger partial charge < -0.3 is 0 Å². The van der Waals surface area contributed by atoms with Crippen LogP contribution >= 0.6 is 50.7 Å². The van der Waals surface area contributed by atoms with Gasteiger partial charge in [-0.05, 0) is 79.1 Å². The van der Waals surface area contributed by atoms with Crippen molar-refractivity contribution in [3.63, 3.8) is 0 Å². The molecule has 4 rings (SSSR count). The highest BCUT2D eigenvalue weighted by Gasteiger charge is 2.22. The van der Waals surface area contributed by atoms with Gasteiger partial charge in [-0.15, -0.1) is 0 Å². The summed E-state index contributed by atoms with van der Waals surface area (Å²) in [4.78, 5) is 23.0. The maximum absolute atomic E-state index is 12.2. The molecule has 0 bridgehead atoms. The number of sulfone groups is 1. The molecule has 0 aliphatic heterocycles. The Morgan fingerprint density at radius 3 is 1.77 bits per heavy atom. The van der Waals surface area contributed by atoms with E-state index < -0.39 is 9.84 Å². The number of halogens is 4. The first-order chi connectivity index (χ1) is 18.4. The summed E-state index contributed by atoms with van der Waals surface area (Å²) >= 11 is 20.7. The summed E-state index contributed by atoms with van der Waals surface area (Å²) in [7, 11) is -3.26. The minimum atomic E-state index is -3.26. The molecule has 2 saturated carbocycles. The SMILES string of the molecule is CS(=O)(=O)c1ccc(CC(=O)C2CCCCC2)c(Cl)c1.Cc1ccc(CBr)c(Cl)c1.O=C(Cl)C1CCCCC1. The largest absolute Gasteiger partial charge is 0.299 e. The molecule has 2 aliphatic carbocycles. The fourth-order valence-electron chi connectivity index (χ4n) is 4.75. The van der Waals surface area contributed by atoms with Gasteiger partial charge in [-0.2, -0.15) is 0 Å². The standard InChI is InChI=1S/C15H19ClO3S.C8H8BrCl.C7H11ClO/c1-20(18,19)13-8-7-12(14(16)10-13)9-15(17)11-5-3-2-4-6-11;1-6-2-3-7(5-9)8(10)4-6;8-7(9)6-4-2-1-3-5-6/h7-8,10-11H,2-6,9H2,1H3;2-4H,5H2,1H3;6H,1-5H2. The van der Waals surface area contributed by atoms with Crippen molar-refractivity contribution in [3.05, 3.63) is 63.1 Å². The molecule has 0 aromatic heterocycles. The summed E-state index contributed by atoms with van der Waals surface area (Å²) in [5, 5.41) is 1.90. The third kappa shape index (κ3) is 12.2. The zero-order valence-electron chi connectivity index (χ0n) is 22.7. The van der Waals surface area contributed by atoms with E-state index in [-0.39, 0.29) is 27.8 Å². The molecule has 0 spiro atoms. The first-order valence-electron chi connectivity index (χ1n) is 13.4. The van der Waals surface area contributed by atoms with Gasteiger partial charge in [-0.3, -0.25) is 9.59 Å². The van der Waals surface area contributed by atoms with Crippen molar-refractivity contribution in [2.24, 2.45) is 11.8 Å². The number of aryl methyl sites for hydroxylation is 1. The van der Waals surface area contributed by atoms with E-state index in [1.54, 1.807) is 6.07 Å². The molecule has 0 amide bonds. The molecule has 2 aromatic rings. The van der Waals surface area contributed by atoms with Crippen molar-refractivity contribution < 1.29 is 18.0 Å². The number of alkyl halides is 1. The Balaban J connectivity index is 0.000000233. The average Bonchev–Trinajstić information content (AvgIpc) is 2.91. The van der Waals surface area contributed by atoms with Crippen molar-refractivity contribution in [1.82, 2.24) is 0 Å². The predicted octanol–water partition coefficient (Wildman–Crippen LogP) is 9.31. The minimum absolute atomic E-state index is 0.130. The highest BCUT2D eigenvalue weighted by Crippen LogP contribution is 2.28. The van der Waals surface area contributed by atoms with Crippen LogP contribution in [0.1, 0.15) is 80.9 Å². The summed E-state index contributed by atoms with van der Waals surface area (Å²) < 4.78 is 22.9. The fraction of sp³-hybridized carbons (Fsp3) is 0.533. The van der Waals surface area contributed by atoms with Crippen LogP contribution in [-0.4, -0.2) is 25.7 Å². The Bertz CT molecular complexity index is 1200. The van der Waals surface area contributed by atoms with Crippen LogP contribution in [-0.2, 0) is 31.2 Å². The second-order valence-corrected chi connectivity index (χ2v) is 14.1. The molecular weight excluding hydrogens is 643 g/mol. The van der Waals surface area contributed by atoms with Crippen LogP contribution in [0.25, 0.3) is 0 Å². The van der Waals surface area contributed by atoms with Gasteiger partial charge in [0.1, 0.15) is 5.78 Å². The maximum Gasteiger partial charge on any atom is 0.224 e. The predicted molar refractivity (Wildman–Crippen MR) is 166 cm³/mol. The number of carbonyl (C=O) groups excluding carboxylic acids is 2. The molecule has 0 radical (unpaired) electrons. The van der Waals surface area contributed by atoms with Crippen molar-refractivity contribution in [1.29, 1.82) is 0 Å². The van der Waals surface area contributed by atoms with Gasteiger partial charge >= 0.3 is 0 Å². The number of hydrogen-bond acceptors (Lipinski definition) is 4. The summed E-state index contributed by atoms with van der Waals surface area (Å²) in [5.41, 5.74) is 3.07. The Hall–Kier alpha value is -0.920. The molecule has 0 heterocycles. The third-order valence-electron chi connectivity index (χ3n) is 7.16. The minimum Gasteiger partial charge on any atom is -0.299 e. The van der Waals surface area contributed by atoms with Crippen LogP contribution in [0.15, 0.2) is 41.3 Å². The van der Waals surface area contributed by atoms with Crippen LogP contribution in [0.5, 0.6) is 0 Å². The van der Waals surface area contributed by atoms with Gasteiger partial charge in [0, 0.05) is 39.9 Å². The smallest absolute Gasteiger partial charge is 0.224 e. The zero-order valence-corrected chi connectivity index (χ0v) is 27.3. The van der Waals surface area contributed by atoms with Crippen molar-refractivity contribution in [2.75, 3.05) is 6.26 Å². The number of benzene rings is 2. The Kier molecular flexibility index (Phi) is 15.1. The van der Waals surface area contributed by atoms with E-state index in [0.717, 1.165) is 66.3 Å². The van der Waals surface area contributed by atoms with Crippen LogP contribution in [0, 0.1) is 18.8 Å². The number of rotatable bonds is 6. The fourth-order valence-corrected chi connectivity index (χ4v) is 6.88. The van der Waals surface area contributed by atoms with E-state index in [2.05, 4.69) is 22.0 Å². The third-order valence-corrected chi connectivity index (χ3v) is 9.88. The first-order valence-corrected chi connectivity index (χ1v) is 17.6. The van der Waals surface area contributed by atoms with E-state index in [1.165, 1.54) is 43.4 Å². The molecule has 2 aromatic carbocycles. The van der Waals surface area contributed by atoms with Gasteiger partial charge in [-0.1, -0.05) is 95.9 Å². The van der Waals surface area contributed by atoms with Crippen molar-refractivity contribution in [3.8, 4) is 0 Å². The second kappa shape index (κ2) is 17.1. The lowest BCUT2D eigenvalue weighted by molar-refractivity contribution is -0.123.